The van der Waals surface area contributed by atoms with Crippen molar-refractivity contribution in [3.8, 4) is 11.6 Å². The van der Waals surface area contributed by atoms with Gasteiger partial charge in [0.2, 0.25) is 5.88 Å². The number of rotatable bonds is 2. The minimum Gasteiger partial charge on any atom is -0.436 e. The van der Waals surface area contributed by atoms with Crippen LogP contribution in [0.2, 0.25) is 5.15 Å². The fourth-order valence-electron chi connectivity index (χ4n) is 1.07. The Hall–Kier alpha value is -1.33. The van der Waals surface area contributed by atoms with Crippen molar-refractivity contribution >= 4 is 33.2 Å². The SMILES string of the molecule is Nc1c(Cl)ncnc1Oc1ccccc1Br. The summed E-state index contributed by atoms with van der Waals surface area (Å²) in [4.78, 5) is 7.65. The summed E-state index contributed by atoms with van der Waals surface area (Å²) >= 11 is 9.11. The number of para-hydroxylation sites is 1. The lowest BCUT2D eigenvalue weighted by atomic mass is 10.3. The normalized spacial score (nSPS) is 10.1. The van der Waals surface area contributed by atoms with Crippen LogP contribution in [0.5, 0.6) is 11.6 Å². The molecule has 1 aromatic heterocycles. The molecule has 0 unspecified atom stereocenters. The molecule has 0 saturated heterocycles. The molecule has 6 heteroatoms. The zero-order valence-electron chi connectivity index (χ0n) is 8.02. The summed E-state index contributed by atoms with van der Waals surface area (Å²) in [5.41, 5.74) is 5.91. The molecule has 82 valence electrons. The first kappa shape index (κ1) is 11.2. The van der Waals surface area contributed by atoms with Crippen LogP contribution in [0.15, 0.2) is 35.1 Å². The van der Waals surface area contributed by atoms with Crippen molar-refractivity contribution in [1.29, 1.82) is 0 Å². The van der Waals surface area contributed by atoms with E-state index < -0.39 is 0 Å². The summed E-state index contributed by atoms with van der Waals surface area (Å²) in [5.74, 6) is 0.857. The van der Waals surface area contributed by atoms with Crippen LogP contribution in [0.3, 0.4) is 0 Å². The van der Waals surface area contributed by atoms with Gasteiger partial charge in [0.15, 0.2) is 5.15 Å². The summed E-state index contributed by atoms with van der Waals surface area (Å²) in [7, 11) is 0. The highest BCUT2D eigenvalue weighted by Gasteiger charge is 2.09. The number of benzene rings is 1. The van der Waals surface area contributed by atoms with Gasteiger partial charge in [-0.25, -0.2) is 4.98 Å². The van der Waals surface area contributed by atoms with Gasteiger partial charge in [0.25, 0.3) is 0 Å². The average molecular weight is 301 g/mol. The van der Waals surface area contributed by atoms with E-state index in [0.29, 0.717) is 5.75 Å². The lowest BCUT2D eigenvalue weighted by Crippen LogP contribution is -1.97. The number of nitrogens with two attached hydrogens (primary N) is 1. The molecule has 2 N–H and O–H groups in total. The van der Waals surface area contributed by atoms with Crippen molar-refractivity contribution in [2.75, 3.05) is 5.73 Å². The first-order valence-corrected chi connectivity index (χ1v) is 5.54. The summed E-state index contributed by atoms with van der Waals surface area (Å²) in [5, 5.41) is 0.178. The molecule has 0 amide bonds. The van der Waals surface area contributed by atoms with Gasteiger partial charge in [-0.05, 0) is 28.1 Å². The van der Waals surface area contributed by atoms with Crippen LogP contribution in [0, 0.1) is 0 Å². The van der Waals surface area contributed by atoms with Gasteiger partial charge in [-0.3, -0.25) is 0 Å². The minimum atomic E-state index is 0.178. The van der Waals surface area contributed by atoms with Gasteiger partial charge in [0.1, 0.15) is 17.8 Å². The zero-order chi connectivity index (χ0) is 11.5. The Morgan fingerprint density at radius 3 is 2.75 bits per heavy atom. The highest BCUT2D eigenvalue weighted by molar-refractivity contribution is 9.10. The molecular formula is C10H7BrClN3O. The van der Waals surface area contributed by atoms with Gasteiger partial charge in [0.05, 0.1) is 4.47 Å². The predicted molar refractivity (Wildman–Crippen MR) is 65.7 cm³/mol. The molecule has 0 spiro atoms. The monoisotopic (exact) mass is 299 g/mol. The summed E-state index contributed by atoms with van der Waals surface area (Å²) < 4.78 is 6.32. The number of hydrogen-bond donors (Lipinski definition) is 1. The number of anilines is 1. The van der Waals surface area contributed by atoms with Crippen LogP contribution >= 0.6 is 27.5 Å². The van der Waals surface area contributed by atoms with Crippen molar-refractivity contribution in [2.45, 2.75) is 0 Å². The van der Waals surface area contributed by atoms with Crippen LogP contribution in [0.4, 0.5) is 5.69 Å². The van der Waals surface area contributed by atoms with E-state index in [0.717, 1.165) is 4.47 Å². The third kappa shape index (κ3) is 2.25. The maximum Gasteiger partial charge on any atom is 0.247 e. The molecule has 0 fully saturated rings. The van der Waals surface area contributed by atoms with Crippen molar-refractivity contribution in [3.63, 3.8) is 0 Å². The standard InChI is InChI=1S/C10H7BrClN3O/c11-6-3-1-2-4-7(6)16-10-8(13)9(12)14-5-15-10/h1-5H,13H2. The van der Waals surface area contributed by atoms with Crippen molar-refractivity contribution in [1.82, 2.24) is 9.97 Å². The first-order chi connectivity index (χ1) is 7.68. The van der Waals surface area contributed by atoms with Crippen LogP contribution in [-0.2, 0) is 0 Å². The lowest BCUT2D eigenvalue weighted by molar-refractivity contribution is 0.461. The largest absolute Gasteiger partial charge is 0.436 e. The summed E-state index contributed by atoms with van der Waals surface area (Å²) in [6, 6.07) is 7.38. The molecule has 0 saturated carbocycles. The Morgan fingerprint density at radius 2 is 2.00 bits per heavy atom. The van der Waals surface area contributed by atoms with E-state index in [9.17, 15) is 0 Å². The van der Waals surface area contributed by atoms with Crippen LogP contribution in [0.1, 0.15) is 0 Å². The van der Waals surface area contributed by atoms with Gasteiger partial charge in [-0.2, -0.15) is 4.98 Å². The maximum absolute atomic E-state index is 5.75. The smallest absolute Gasteiger partial charge is 0.247 e. The number of aromatic nitrogens is 2. The van der Waals surface area contributed by atoms with Gasteiger partial charge < -0.3 is 10.5 Å². The minimum absolute atomic E-state index is 0.178. The molecule has 2 rings (SSSR count). The van der Waals surface area contributed by atoms with Crippen LogP contribution < -0.4 is 10.5 Å². The third-order valence-electron chi connectivity index (χ3n) is 1.84. The maximum atomic E-state index is 5.75. The van der Waals surface area contributed by atoms with E-state index in [1.807, 2.05) is 18.2 Å². The summed E-state index contributed by atoms with van der Waals surface area (Å²) in [6.45, 7) is 0. The molecule has 0 aliphatic heterocycles. The summed E-state index contributed by atoms with van der Waals surface area (Å²) in [6.07, 6.45) is 1.30. The Kier molecular flexibility index (Phi) is 3.26. The molecule has 0 radical (unpaired) electrons. The molecule has 0 atom stereocenters. The predicted octanol–water partition coefficient (Wildman–Crippen LogP) is 3.27. The zero-order valence-corrected chi connectivity index (χ0v) is 10.4. The van der Waals surface area contributed by atoms with Crippen molar-refractivity contribution < 1.29 is 4.74 Å². The average Bonchev–Trinajstić information content (AvgIpc) is 2.28. The second-order valence-corrected chi connectivity index (χ2v) is 4.13. The van der Waals surface area contributed by atoms with Crippen LogP contribution in [0.25, 0.3) is 0 Å². The van der Waals surface area contributed by atoms with Gasteiger partial charge in [-0.1, -0.05) is 23.7 Å². The van der Waals surface area contributed by atoms with E-state index >= 15 is 0 Å². The second kappa shape index (κ2) is 4.67. The molecule has 0 bridgehead atoms. The topological polar surface area (TPSA) is 61.0 Å². The molecule has 2 aromatic rings. The number of halogens is 2. The molecule has 0 aliphatic carbocycles. The number of nitrogens with zero attached hydrogens (tertiary/aromatic N) is 2. The molecule has 16 heavy (non-hydrogen) atoms. The van der Waals surface area contributed by atoms with Gasteiger partial charge in [-0.15, -0.1) is 0 Å². The molecule has 4 nitrogen and oxygen atoms in total. The van der Waals surface area contributed by atoms with Gasteiger partial charge >= 0.3 is 0 Å². The fourth-order valence-corrected chi connectivity index (χ4v) is 1.56. The number of ether oxygens (including phenoxy) is 1. The quantitative estimate of drug-likeness (QED) is 0.865. The highest BCUT2D eigenvalue weighted by atomic mass is 79.9. The number of nitrogen functional groups attached to an aromatic ring is 1. The van der Waals surface area contributed by atoms with E-state index in [1.54, 1.807) is 6.07 Å². The Morgan fingerprint density at radius 1 is 1.25 bits per heavy atom. The molecule has 1 aromatic carbocycles. The Labute approximate surface area is 106 Å². The Balaban J connectivity index is 2.35. The third-order valence-corrected chi connectivity index (χ3v) is 2.80. The number of hydrogen-bond acceptors (Lipinski definition) is 4. The van der Waals surface area contributed by atoms with Gasteiger partial charge in [0, 0.05) is 0 Å². The van der Waals surface area contributed by atoms with Crippen molar-refractivity contribution in [3.05, 3.63) is 40.2 Å². The highest BCUT2D eigenvalue weighted by Crippen LogP contribution is 2.32. The molecular weight excluding hydrogens is 293 g/mol. The van der Waals surface area contributed by atoms with E-state index in [4.69, 9.17) is 22.1 Å². The molecule has 0 aliphatic rings. The second-order valence-electron chi connectivity index (χ2n) is 2.92. The Bertz CT molecular complexity index is 521. The van der Waals surface area contributed by atoms with Crippen LogP contribution in [-0.4, -0.2) is 9.97 Å². The fraction of sp³-hybridized carbons (Fsp3) is 0. The lowest BCUT2D eigenvalue weighted by Gasteiger charge is -2.08. The molecule has 1 heterocycles. The first-order valence-electron chi connectivity index (χ1n) is 4.37. The van der Waals surface area contributed by atoms with E-state index in [1.165, 1.54) is 6.33 Å². The van der Waals surface area contributed by atoms with E-state index in [-0.39, 0.29) is 16.7 Å². The van der Waals surface area contributed by atoms with E-state index in [2.05, 4.69) is 25.9 Å². The van der Waals surface area contributed by atoms with Crippen molar-refractivity contribution in [2.24, 2.45) is 0 Å².